The highest BCUT2D eigenvalue weighted by atomic mass is 16.4. The van der Waals surface area contributed by atoms with E-state index < -0.39 is 5.97 Å². The van der Waals surface area contributed by atoms with Gasteiger partial charge in [-0.05, 0) is 0 Å². The molecule has 2 heteroatoms. The Balaban J connectivity index is -0.000000300. The lowest BCUT2D eigenvalue weighted by Gasteiger charge is -1.99. The van der Waals surface area contributed by atoms with Gasteiger partial charge >= 0.3 is 0 Å². The number of hydrogen-bond donors (Lipinski definition) is 1. The zero-order valence-corrected chi connectivity index (χ0v) is 16.3. The summed E-state index contributed by atoms with van der Waals surface area (Å²) >= 11 is 0. The molecule has 0 unspecified atom stereocenters. The maximum atomic E-state index is 9.00. The molecule has 0 aliphatic rings. The fourth-order valence-corrected chi connectivity index (χ4v) is 2.06. The fourth-order valence-electron chi connectivity index (χ4n) is 2.06. The first-order valence-corrected chi connectivity index (χ1v) is 9.76. The molecule has 0 aromatic carbocycles. The SMILES string of the molecule is CC(=O)O.CCCCCC.CCCCCCCCCCCC. The maximum absolute atomic E-state index is 9.00. The summed E-state index contributed by atoms with van der Waals surface area (Å²) < 4.78 is 0. The van der Waals surface area contributed by atoms with Gasteiger partial charge in [0.1, 0.15) is 0 Å². The lowest BCUT2D eigenvalue weighted by atomic mass is 10.1. The number of rotatable bonds is 12. The molecule has 0 aromatic rings. The third-order valence-electron chi connectivity index (χ3n) is 3.41. The van der Waals surface area contributed by atoms with Crippen LogP contribution in [0.4, 0.5) is 0 Å². The summed E-state index contributed by atoms with van der Waals surface area (Å²) in [7, 11) is 0. The van der Waals surface area contributed by atoms with E-state index in [1.54, 1.807) is 0 Å². The van der Waals surface area contributed by atoms with Crippen LogP contribution >= 0.6 is 0 Å². The highest BCUT2D eigenvalue weighted by Gasteiger charge is 1.90. The second kappa shape index (κ2) is 28.6. The first kappa shape index (κ1) is 26.4. The Morgan fingerprint density at radius 3 is 0.864 bits per heavy atom. The maximum Gasteiger partial charge on any atom is 0.300 e. The van der Waals surface area contributed by atoms with Gasteiger partial charge in [0, 0.05) is 6.92 Å². The van der Waals surface area contributed by atoms with Gasteiger partial charge in [0.05, 0.1) is 0 Å². The predicted octanol–water partition coefficient (Wildman–Crippen LogP) is 7.60. The molecule has 0 fully saturated rings. The molecule has 0 aliphatic carbocycles. The van der Waals surface area contributed by atoms with Gasteiger partial charge in [0.15, 0.2) is 0 Å². The standard InChI is InChI=1S/C12H26.C6H14.C2H4O2/c1-3-5-7-9-11-12-10-8-6-4-2;1-3-5-6-4-2;1-2(3)4/h3-12H2,1-2H3;3-6H2,1-2H3;1H3,(H,3,4). The molecule has 0 rings (SSSR count). The molecule has 0 spiro atoms. The van der Waals surface area contributed by atoms with Gasteiger partial charge in [-0.25, -0.2) is 0 Å². The molecule has 1 N–H and O–H groups in total. The van der Waals surface area contributed by atoms with Gasteiger partial charge in [-0.3, -0.25) is 4.79 Å². The van der Waals surface area contributed by atoms with E-state index in [2.05, 4.69) is 27.7 Å². The molecule has 0 amide bonds. The number of carboxylic acid groups (broad SMARTS) is 1. The van der Waals surface area contributed by atoms with Crippen LogP contribution in [0, 0.1) is 0 Å². The van der Waals surface area contributed by atoms with E-state index in [0.29, 0.717) is 0 Å². The number of hydrogen-bond acceptors (Lipinski definition) is 1. The first-order chi connectivity index (χ1) is 10.6. The van der Waals surface area contributed by atoms with E-state index in [0.717, 1.165) is 6.92 Å². The molecule has 0 aromatic heterocycles. The first-order valence-electron chi connectivity index (χ1n) is 9.76. The smallest absolute Gasteiger partial charge is 0.300 e. The van der Waals surface area contributed by atoms with Gasteiger partial charge in [0.2, 0.25) is 0 Å². The van der Waals surface area contributed by atoms with E-state index >= 15 is 0 Å². The summed E-state index contributed by atoms with van der Waals surface area (Å²) in [5.74, 6) is -0.833. The molecule has 0 atom stereocenters. The molecule has 0 heterocycles. The van der Waals surface area contributed by atoms with E-state index in [-0.39, 0.29) is 0 Å². The van der Waals surface area contributed by atoms with Crippen LogP contribution in [0.2, 0.25) is 0 Å². The molecule has 0 aliphatic heterocycles. The van der Waals surface area contributed by atoms with Crippen molar-refractivity contribution in [1.82, 2.24) is 0 Å². The highest BCUT2D eigenvalue weighted by molar-refractivity contribution is 5.62. The molecule has 0 bridgehead atoms. The van der Waals surface area contributed by atoms with Crippen LogP contribution in [0.25, 0.3) is 0 Å². The zero-order valence-electron chi connectivity index (χ0n) is 16.3. The Morgan fingerprint density at radius 2 is 0.682 bits per heavy atom. The largest absolute Gasteiger partial charge is 0.481 e. The van der Waals surface area contributed by atoms with Crippen LogP contribution in [0.5, 0.6) is 0 Å². The number of carbonyl (C=O) groups is 1. The molecule has 0 saturated carbocycles. The summed E-state index contributed by atoms with van der Waals surface area (Å²) in [6.07, 6.45) is 20.0. The molecule has 136 valence electrons. The average molecular weight is 317 g/mol. The van der Waals surface area contributed by atoms with Crippen LogP contribution in [-0.2, 0) is 4.79 Å². The van der Waals surface area contributed by atoms with Crippen LogP contribution in [0.1, 0.15) is 125 Å². The molecular formula is C20H44O2. The van der Waals surface area contributed by atoms with E-state index in [1.807, 2.05) is 0 Å². The van der Waals surface area contributed by atoms with Crippen molar-refractivity contribution in [2.24, 2.45) is 0 Å². The predicted molar refractivity (Wildman–Crippen MR) is 101 cm³/mol. The van der Waals surface area contributed by atoms with E-state index in [1.165, 1.54) is 89.9 Å². The monoisotopic (exact) mass is 316 g/mol. The number of carboxylic acids is 1. The van der Waals surface area contributed by atoms with Crippen LogP contribution in [-0.4, -0.2) is 11.1 Å². The van der Waals surface area contributed by atoms with Crippen molar-refractivity contribution < 1.29 is 9.90 Å². The van der Waals surface area contributed by atoms with Gasteiger partial charge in [-0.15, -0.1) is 0 Å². The van der Waals surface area contributed by atoms with Crippen molar-refractivity contribution in [1.29, 1.82) is 0 Å². The van der Waals surface area contributed by atoms with E-state index in [9.17, 15) is 0 Å². The van der Waals surface area contributed by atoms with Crippen LogP contribution < -0.4 is 0 Å². The molecule has 2 nitrogen and oxygen atoms in total. The Morgan fingerprint density at radius 1 is 0.545 bits per heavy atom. The van der Waals surface area contributed by atoms with Crippen molar-refractivity contribution in [2.75, 3.05) is 0 Å². The fraction of sp³-hybridized carbons (Fsp3) is 0.950. The molecule has 22 heavy (non-hydrogen) atoms. The molecule has 0 saturated heterocycles. The van der Waals surface area contributed by atoms with E-state index in [4.69, 9.17) is 9.90 Å². The van der Waals surface area contributed by atoms with Gasteiger partial charge in [0.25, 0.3) is 5.97 Å². The van der Waals surface area contributed by atoms with Crippen molar-refractivity contribution in [2.45, 2.75) is 125 Å². The lowest BCUT2D eigenvalue weighted by Crippen LogP contribution is -1.80. The van der Waals surface area contributed by atoms with Gasteiger partial charge in [-0.2, -0.15) is 0 Å². The van der Waals surface area contributed by atoms with Crippen molar-refractivity contribution in [3.63, 3.8) is 0 Å². The summed E-state index contributed by atoms with van der Waals surface area (Å²) in [4.78, 5) is 9.00. The lowest BCUT2D eigenvalue weighted by molar-refractivity contribution is -0.134. The Bertz CT molecular complexity index is 161. The minimum absolute atomic E-state index is 0.833. The quantitative estimate of drug-likeness (QED) is 0.376. The topological polar surface area (TPSA) is 37.3 Å². The normalized spacial score (nSPS) is 9.32. The van der Waals surface area contributed by atoms with Crippen LogP contribution in [0.15, 0.2) is 0 Å². The Hall–Kier alpha value is -0.530. The zero-order chi connectivity index (χ0) is 17.5. The van der Waals surface area contributed by atoms with Gasteiger partial charge < -0.3 is 5.11 Å². The molecular weight excluding hydrogens is 272 g/mol. The minimum Gasteiger partial charge on any atom is -0.481 e. The third-order valence-corrected chi connectivity index (χ3v) is 3.41. The van der Waals surface area contributed by atoms with Gasteiger partial charge in [-0.1, -0.05) is 118 Å². The third kappa shape index (κ3) is 50.5. The Kier molecular flexibility index (Phi) is 34.3. The van der Waals surface area contributed by atoms with Crippen LogP contribution in [0.3, 0.4) is 0 Å². The van der Waals surface area contributed by atoms with Crippen molar-refractivity contribution in [3.8, 4) is 0 Å². The van der Waals surface area contributed by atoms with Crippen molar-refractivity contribution in [3.05, 3.63) is 0 Å². The number of aliphatic carboxylic acids is 1. The summed E-state index contributed by atoms with van der Waals surface area (Å²) in [6.45, 7) is 10.1. The second-order valence-electron chi connectivity index (χ2n) is 6.05. The average Bonchev–Trinajstić information content (AvgIpc) is 2.48. The minimum atomic E-state index is -0.833. The van der Waals surface area contributed by atoms with Crippen molar-refractivity contribution >= 4 is 5.97 Å². The number of unbranched alkanes of at least 4 members (excludes halogenated alkanes) is 12. The highest BCUT2D eigenvalue weighted by Crippen LogP contribution is 2.09. The summed E-state index contributed by atoms with van der Waals surface area (Å²) in [5, 5.41) is 7.42. The summed E-state index contributed by atoms with van der Waals surface area (Å²) in [5.41, 5.74) is 0. The Labute approximate surface area is 141 Å². The summed E-state index contributed by atoms with van der Waals surface area (Å²) in [6, 6.07) is 0. The molecule has 0 radical (unpaired) electrons. The second-order valence-corrected chi connectivity index (χ2v) is 6.05.